The maximum Gasteiger partial charge on any atom is 0.359 e. The van der Waals surface area contributed by atoms with E-state index < -0.39 is 28.4 Å². The number of rotatable bonds is 3. The smallest absolute Gasteiger partial charge is 0.312 e. The fraction of sp³-hybridized carbons (Fsp3) is 0.714. The Morgan fingerprint density at radius 2 is 1.60 bits per heavy atom. The molecule has 0 radical (unpaired) electrons. The molecule has 0 spiro atoms. The minimum atomic E-state index is -4.52. The summed E-state index contributed by atoms with van der Waals surface area (Å²) in [5, 5.41) is 0. The molecule has 0 aromatic rings. The molecule has 90 valence electrons. The van der Waals surface area contributed by atoms with Crippen molar-refractivity contribution in [2.75, 3.05) is 21.1 Å². The van der Waals surface area contributed by atoms with Crippen molar-refractivity contribution >= 4 is 22.0 Å². The summed E-state index contributed by atoms with van der Waals surface area (Å²) in [5.74, 6) is -1.52. The van der Waals surface area contributed by atoms with Gasteiger partial charge in [-0.1, -0.05) is 0 Å². The number of nitrogens with zero attached hydrogens (tertiary/aromatic N) is 1. The lowest BCUT2D eigenvalue weighted by molar-refractivity contribution is -0.126. The Hall–Kier alpha value is -0.990. The molecule has 0 aliphatic heterocycles. The number of ketones is 1. The second-order valence-electron chi connectivity index (χ2n) is 3.22. The van der Waals surface area contributed by atoms with Gasteiger partial charge < -0.3 is 4.90 Å². The summed E-state index contributed by atoms with van der Waals surface area (Å²) in [4.78, 5) is 22.6. The number of carbonyl (C=O) groups excluding carboxylic acids is 2. The van der Waals surface area contributed by atoms with E-state index >= 15 is 0 Å². The van der Waals surface area contributed by atoms with Crippen LogP contribution < -0.4 is 4.72 Å². The highest BCUT2D eigenvalue weighted by atomic mass is 32.2. The number of Topliss-reactive ketones (excluding diaryl/α,β-unsaturated/α-hetero) is 1. The molecule has 8 heteroatoms. The van der Waals surface area contributed by atoms with E-state index in [9.17, 15) is 18.0 Å². The van der Waals surface area contributed by atoms with Gasteiger partial charge in [0.2, 0.25) is 5.91 Å². The second kappa shape index (κ2) is 7.32. The van der Waals surface area contributed by atoms with Crippen LogP contribution in [0, 0.1) is 0 Å². The summed E-state index contributed by atoms with van der Waals surface area (Å²) in [6, 6.07) is 0. The molecule has 0 saturated heterocycles. The fourth-order valence-corrected chi connectivity index (χ4v) is 0.766. The van der Waals surface area contributed by atoms with E-state index in [-0.39, 0.29) is 0 Å². The molecule has 0 fully saturated rings. The van der Waals surface area contributed by atoms with Crippen molar-refractivity contribution in [3.05, 3.63) is 0 Å². The summed E-state index contributed by atoms with van der Waals surface area (Å²) in [6.07, 6.45) is -0.556. The Bertz CT molecular complexity index is 307. The van der Waals surface area contributed by atoms with Crippen LogP contribution in [0.25, 0.3) is 0 Å². The van der Waals surface area contributed by atoms with Gasteiger partial charge >= 0.3 is 10.3 Å². The molecule has 0 saturated carbocycles. The summed E-state index contributed by atoms with van der Waals surface area (Å²) in [7, 11) is 1.48. The van der Waals surface area contributed by atoms with Crippen molar-refractivity contribution in [1.82, 2.24) is 9.62 Å². The van der Waals surface area contributed by atoms with E-state index in [4.69, 9.17) is 4.55 Å². The Kier molecular flexibility index (Phi) is 8.02. The van der Waals surface area contributed by atoms with Crippen LogP contribution in [0.2, 0.25) is 0 Å². The normalized spacial score (nSPS) is 10.3. The van der Waals surface area contributed by atoms with Crippen molar-refractivity contribution in [3.63, 3.8) is 0 Å². The van der Waals surface area contributed by atoms with Gasteiger partial charge in [-0.2, -0.15) is 8.42 Å². The number of amides is 1. The van der Waals surface area contributed by atoms with Crippen LogP contribution in [0.3, 0.4) is 0 Å². The summed E-state index contributed by atoms with van der Waals surface area (Å²) >= 11 is 0. The SMILES string of the molecule is CC(=O)CC(=O)NS(=O)(=O)O.CN(C)C. The molecule has 0 unspecified atom stereocenters. The highest BCUT2D eigenvalue weighted by molar-refractivity contribution is 7.84. The zero-order chi connectivity index (χ0) is 12.6. The predicted octanol–water partition coefficient (Wildman–Crippen LogP) is -0.938. The van der Waals surface area contributed by atoms with Crippen molar-refractivity contribution in [2.24, 2.45) is 0 Å². The maximum absolute atomic E-state index is 10.4. The first kappa shape index (κ1) is 16.4. The van der Waals surface area contributed by atoms with Crippen LogP contribution in [0.5, 0.6) is 0 Å². The van der Waals surface area contributed by atoms with Gasteiger partial charge in [0.15, 0.2) is 0 Å². The van der Waals surface area contributed by atoms with Crippen LogP contribution in [0.1, 0.15) is 13.3 Å². The quantitative estimate of drug-likeness (QED) is 0.487. The zero-order valence-electron chi connectivity index (χ0n) is 9.14. The molecule has 0 aliphatic rings. The van der Waals surface area contributed by atoms with Gasteiger partial charge in [0, 0.05) is 0 Å². The largest absolute Gasteiger partial charge is 0.359 e. The lowest BCUT2D eigenvalue weighted by Crippen LogP contribution is -2.30. The number of hydrogen-bond donors (Lipinski definition) is 2. The first-order chi connectivity index (χ1) is 6.54. The first-order valence-corrected chi connectivity index (χ1v) is 5.37. The minimum Gasteiger partial charge on any atom is -0.312 e. The third kappa shape index (κ3) is 24.6. The van der Waals surface area contributed by atoms with E-state index in [2.05, 4.69) is 0 Å². The highest BCUT2D eigenvalue weighted by Gasteiger charge is 2.11. The van der Waals surface area contributed by atoms with Gasteiger partial charge in [0.25, 0.3) is 0 Å². The summed E-state index contributed by atoms with van der Waals surface area (Å²) in [6.45, 7) is 1.13. The van der Waals surface area contributed by atoms with Gasteiger partial charge in [0.1, 0.15) is 5.78 Å². The van der Waals surface area contributed by atoms with Crippen molar-refractivity contribution in [2.45, 2.75) is 13.3 Å². The van der Waals surface area contributed by atoms with Gasteiger partial charge in [-0.05, 0) is 28.1 Å². The molecule has 0 aliphatic carbocycles. The molecule has 15 heavy (non-hydrogen) atoms. The Morgan fingerprint density at radius 3 is 1.80 bits per heavy atom. The van der Waals surface area contributed by atoms with Crippen molar-refractivity contribution in [1.29, 1.82) is 0 Å². The molecule has 0 aromatic heterocycles. The predicted molar refractivity (Wildman–Crippen MR) is 54.6 cm³/mol. The zero-order valence-corrected chi connectivity index (χ0v) is 9.96. The average molecular weight is 240 g/mol. The van der Waals surface area contributed by atoms with Crippen LogP contribution in [-0.4, -0.2) is 50.7 Å². The fourth-order valence-electron chi connectivity index (χ4n) is 0.406. The first-order valence-electron chi connectivity index (χ1n) is 3.93. The molecule has 0 heterocycles. The van der Waals surface area contributed by atoms with Gasteiger partial charge in [0.05, 0.1) is 6.42 Å². The molecule has 7 nitrogen and oxygen atoms in total. The van der Waals surface area contributed by atoms with Gasteiger partial charge in [-0.3, -0.25) is 14.1 Å². The number of carbonyl (C=O) groups is 2. The Morgan fingerprint density at radius 1 is 1.27 bits per heavy atom. The van der Waals surface area contributed by atoms with Crippen molar-refractivity contribution in [3.8, 4) is 0 Å². The lowest BCUT2D eigenvalue weighted by atomic mass is 10.3. The molecule has 2 N–H and O–H groups in total. The average Bonchev–Trinajstić information content (AvgIpc) is 1.76. The van der Waals surface area contributed by atoms with Crippen LogP contribution in [0.15, 0.2) is 0 Å². The lowest BCUT2D eigenvalue weighted by Gasteiger charge is -1.96. The molecular weight excluding hydrogens is 224 g/mol. The maximum atomic E-state index is 10.4. The van der Waals surface area contributed by atoms with Crippen molar-refractivity contribution < 1.29 is 22.6 Å². The van der Waals surface area contributed by atoms with Gasteiger partial charge in [-0.25, -0.2) is 4.72 Å². The Labute approximate surface area is 89.3 Å². The third-order valence-electron chi connectivity index (χ3n) is 0.652. The monoisotopic (exact) mass is 240 g/mol. The van der Waals surface area contributed by atoms with E-state index in [1.54, 1.807) is 0 Å². The van der Waals surface area contributed by atoms with Crippen LogP contribution in [-0.2, 0) is 19.9 Å². The summed E-state index contributed by atoms with van der Waals surface area (Å²) in [5.41, 5.74) is 0. The molecule has 0 rings (SSSR count). The van der Waals surface area contributed by atoms with Gasteiger partial charge in [-0.15, -0.1) is 0 Å². The third-order valence-corrected chi connectivity index (χ3v) is 1.14. The molecular formula is C7H16N2O5S. The molecule has 1 amide bonds. The van der Waals surface area contributed by atoms with E-state index in [0.29, 0.717) is 0 Å². The highest BCUT2D eigenvalue weighted by Crippen LogP contribution is 1.83. The van der Waals surface area contributed by atoms with Crippen LogP contribution >= 0.6 is 0 Å². The minimum absolute atomic E-state index is 0.480. The molecule has 0 aromatic carbocycles. The van der Waals surface area contributed by atoms with Crippen LogP contribution in [0.4, 0.5) is 0 Å². The second-order valence-corrected chi connectivity index (χ2v) is 4.37. The van der Waals surface area contributed by atoms with E-state index in [1.165, 1.54) is 4.72 Å². The topological polar surface area (TPSA) is 104 Å². The number of hydrogen-bond acceptors (Lipinski definition) is 5. The van der Waals surface area contributed by atoms with E-state index in [0.717, 1.165) is 6.92 Å². The Balaban J connectivity index is 0. The standard InChI is InChI=1S/C4H7NO5S.C3H9N/c1-3(6)2-4(7)5-11(8,9)10;1-4(2)3/h2H2,1H3,(H,5,7)(H,8,9,10);1-3H3. The molecule has 0 bridgehead atoms. The van der Waals surface area contributed by atoms with E-state index in [1.807, 2.05) is 26.0 Å². The molecule has 0 atom stereocenters. The summed E-state index contributed by atoms with van der Waals surface area (Å²) < 4.78 is 29.1. The number of nitrogens with one attached hydrogen (secondary N) is 1.